The van der Waals surface area contributed by atoms with Gasteiger partial charge in [0.2, 0.25) is 0 Å². The molecule has 0 aromatic heterocycles. The van der Waals surface area contributed by atoms with E-state index in [0.717, 1.165) is 18.4 Å². The molecule has 2 nitrogen and oxygen atoms in total. The molecule has 1 aliphatic heterocycles. The summed E-state index contributed by atoms with van der Waals surface area (Å²) in [5.74, 6) is 2.22. The lowest BCUT2D eigenvalue weighted by atomic mass is 9.83. The second-order valence-electron chi connectivity index (χ2n) is 6.04. The zero-order valence-electron chi connectivity index (χ0n) is 12.0. The second kappa shape index (κ2) is 6.53. The van der Waals surface area contributed by atoms with Gasteiger partial charge in [-0.3, -0.25) is 0 Å². The van der Waals surface area contributed by atoms with Crippen LogP contribution in [0, 0.1) is 17.8 Å². The Bertz CT molecular complexity index is 306. The van der Waals surface area contributed by atoms with Gasteiger partial charge in [0.25, 0.3) is 0 Å². The number of rotatable bonds is 5. The molecule has 2 heteroatoms. The molecule has 0 aromatic carbocycles. The molecule has 0 spiro atoms. The van der Waals surface area contributed by atoms with Gasteiger partial charge in [-0.1, -0.05) is 51.5 Å². The molecule has 1 saturated heterocycles. The van der Waals surface area contributed by atoms with Crippen molar-refractivity contribution in [3.63, 3.8) is 0 Å². The molecule has 0 radical (unpaired) electrons. The van der Waals surface area contributed by atoms with E-state index in [4.69, 9.17) is 0 Å². The predicted molar refractivity (Wildman–Crippen MR) is 78.6 cm³/mol. The third kappa shape index (κ3) is 3.24. The largest absolute Gasteiger partial charge is 0.313 e. The molecule has 0 amide bonds. The Balaban J connectivity index is 1.88. The summed E-state index contributed by atoms with van der Waals surface area (Å²) >= 11 is 0. The van der Waals surface area contributed by atoms with Crippen molar-refractivity contribution in [1.29, 1.82) is 0 Å². The number of hydrogen-bond donors (Lipinski definition) is 2. The molecule has 18 heavy (non-hydrogen) atoms. The highest BCUT2D eigenvalue weighted by Gasteiger charge is 2.30. The summed E-state index contributed by atoms with van der Waals surface area (Å²) in [6.45, 7) is 9.28. The Kier molecular flexibility index (Phi) is 5.02. The van der Waals surface area contributed by atoms with Gasteiger partial charge in [-0.25, -0.2) is 0 Å². The molecule has 4 atom stereocenters. The van der Waals surface area contributed by atoms with Crippen LogP contribution in [0.2, 0.25) is 0 Å². The maximum absolute atomic E-state index is 3.83. The van der Waals surface area contributed by atoms with Crippen molar-refractivity contribution < 1.29 is 0 Å². The van der Waals surface area contributed by atoms with Crippen LogP contribution in [0.15, 0.2) is 24.3 Å². The predicted octanol–water partition coefficient (Wildman–Crippen LogP) is 2.73. The summed E-state index contributed by atoms with van der Waals surface area (Å²) in [5.41, 5.74) is 0. The number of piperidine rings is 1. The van der Waals surface area contributed by atoms with Gasteiger partial charge in [-0.15, -0.1) is 0 Å². The Labute approximate surface area is 112 Å². The van der Waals surface area contributed by atoms with Crippen LogP contribution in [-0.2, 0) is 0 Å². The first-order valence-electron chi connectivity index (χ1n) is 7.54. The average molecular weight is 248 g/mol. The normalized spacial score (nSPS) is 32.6. The number of allylic oxidation sites excluding steroid dienone is 2. The molecule has 2 N–H and O–H groups in total. The van der Waals surface area contributed by atoms with E-state index in [1.165, 1.54) is 19.4 Å². The first kappa shape index (κ1) is 13.8. The highest BCUT2D eigenvalue weighted by Crippen LogP contribution is 2.23. The van der Waals surface area contributed by atoms with Crippen molar-refractivity contribution in [1.82, 2.24) is 10.6 Å². The molecule has 1 fully saturated rings. The molecule has 2 aliphatic rings. The fraction of sp³-hybridized carbons (Fsp3) is 0.750. The van der Waals surface area contributed by atoms with Crippen LogP contribution in [0.25, 0.3) is 0 Å². The zero-order chi connectivity index (χ0) is 13.0. The second-order valence-corrected chi connectivity index (χ2v) is 6.04. The first-order chi connectivity index (χ1) is 8.72. The van der Waals surface area contributed by atoms with E-state index in [0.29, 0.717) is 18.0 Å². The van der Waals surface area contributed by atoms with Gasteiger partial charge >= 0.3 is 0 Å². The summed E-state index contributed by atoms with van der Waals surface area (Å²) in [7, 11) is 0. The summed E-state index contributed by atoms with van der Waals surface area (Å²) in [4.78, 5) is 0. The Hall–Kier alpha value is -0.600. The SMILES string of the molecule is CCC(CNC1CCNC2C=CC=CC21)C(C)C. The maximum Gasteiger partial charge on any atom is 0.0331 e. The van der Waals surface area contributed by atoms with Crippen molar-refractivity contribution in [3.05, 3.63) is 24.3 Å². The molecular weight excluding hydrogens is 220 g/mol. The van der Waals surface area contributed by atoms with Gasteiger partial charge in [0.15, 0.2) is 0 Å². The lowest BCUT2D eigenvalue weighted by molar-refractivity contribution is 0.252. The van der Waals surface area contributed by atoms with Gasteiger partial charge < -0.3 is 10.6 Å². The summed E-state index contributed by atoms with van der Waals surface area (Å²) in [5, 5.41) is 7.43. The van der Waals surface area contributed by atoms with Crippen molar-refractivity contribution >= 4 is 0 Å². The lowest BCUT2D eigenvalue weighted by Gasteiger charge is -2.38. The Morgan fingerprint density at radius 1 is 1.28 bits per heavy atom. The van der Waals surface area contributed by atoms with Crippen LogP contribution >= 0.6 is 0 Å². The fourth-order valence-corrected chi connectivity index (χ4v) is 3.20. The molecule has 0 bridgehead atoms. The molecular formula is C16H28N2. The van der Waals surface area contributed by atoms with Crippen LogP contribution in [-0.4, -0.2) is 25.2 Å². The molecule has 1 heterocycles. The van der Waals surface area contributed by atoms with Crippen molar-refractivity contribution in [3.8, 4) is 0 Å². The van der Waals surface area contributed by atoms with E-state index in [-0.39, 0.29) is 0 Å². The highest BCUT2D eigenvalue weighted by atomic mass is 15.0. The van der Waals surface area contributed by atoms with E-state index in [1.54, 1.807) is 0 Å². The van der Waals surface area contributed by atoms with E-state index >= 15 is 0 Å². The summed E-state index contributed by atoms with van der Waals surface area (Å²) < 4.78 is 0. The molecule has 102 valence electrons. The van der Waals surface area contributed by atoms with E-state index < -0.39 is 0 Å². The van der Waals surface area contributed by atoms with Crippen LogP contribution in [0.3, 0.4) is 0 Å². The van der Waals surface area contributed by atoms with E-state index in [1.807, 2.05) is 0 Å². The molecule has 0 saturated carbocycles. The van der Waals surface area contributed by atoms with Crippen LogP contribution in [0.4, 0.5) is 0 Å². The van der Waals surface area contributed by atoms with Gasteiger partial charge in [-0.05, 0) is 31.3 Å². The molecule has 2 rings (SSSR count). The quantitative estimate of drug-likeness (QED) is 0.782. The van der Waals surface area contributed by atoms with Gasteiger partial charge in [0.1, 0.15) is 0 Å². The van der Waals surface area contributed by atoms with E-state index in [9.17, 15) is 0 Å². The van der Waals surface area contributed by atoms with Crippen LogP contribution < -0.4 is 10.6 Å². The fourth-order valence-electron chi connectivity index (χ4n) is 3.20. The van der Waals surface area contributed by atoms with Crippen LogP contribution in [0.1, 0.15) is 33.6 Å². The molecule has 4 unspecified atom stereocenters. The number of fused-ring (bicyclic) bond motifs is 1. The maximum atomic E-state index is 3.83. The van der Waals surface area contributed by atoms with Gasteiger partial charge in [-0.2, -0.15) is 0 Å². The van der Waals surface area contributed by atoms with Crippen LogP contribution in [0.5, 0.6) is 0 Å². The minimum absolute atomic E-state index is 0.542. The average Bonchev–Trinajstić information content (AvgIpc) is 2.39. The summed E-state index contributed by atoms with van der Waals surface area (Å²) in [6, 6.07) is 1.19. The van der Waals surface area contributed by atoms with Crippen molar-refractivity contribution in [2.75, 3.05) is 13.1 Å². The monoisotopic (exact) mass is 248 g/mol. The molecule has 1 aliphatic carbocycles. The van der Waals surface area contributed by atoms with Crippen molar-refractivity contribution in [2.45, 2.75) is 45.7 Å². The van der Waals surface area contributed by atoms with Gasteiger partial charge in [0, 0.05) is 18.0 Å². The highest BCUT2D eigenvalue weighted by molar-refractivity contribution is 5.20. The topological polar surface area (TPSA) is 24.1 Å². The number of hydrogen-bond acceptors (Lipinski definition) is 2. The molecule has 0 aromatic rings. The first-order valence-corrected chi connectivity index (χ1v) is 7.54. The minimum atomic E-state index is 0.542. The smallest absolute Gasteiger partial charge is 0.0331 e. The Morgan fingerprint density at radius 3 is 2.78 bits per heavy atom. The standard InChI is InChI=1S/C16H28N2/c1-4-13(12(2)3)11-18-16-9-10-17-15-8-6-5-7-14(15)16/h5-8,12-18H,4,9-11H2,1-3H3. The van der Waals surface area contributed by atoms with Gasteiger partial charge in [0.05, 0.1) is 0 Å². The minimum Gasteiger partial charge on any atom is -0.313 e. The number of nitrogens with one attached hydrogen (secondary N) is 2. The Morgan fingerprint density at radius 2 is 2.06 bits per heavy atom. The zero-order valence-corrected chi connectivity index (χ0v) is 12.0. The van der Waals surface area contributed by atoms with E-state index in [2.05, 4.69) is 55.7 Å². The lowest BCUT2D eigenvalue weighted by Crippen LogP contribution is -2.53. The van der Waals surface area contributed by atoms with Crippen molar-refractivity contribution in [2.24, 2.45) is 17.8 Å². The third-order valence-corrected chi connectivity index (χ3v) is 4.59. The summed E-state index contributed by atoms with van der Waals surface area (Å²) in [6.07, 6.45) is 11.6. The third-order valence-electron chi connectivity index (χ3n) is 4.59.